The van der Waals surface area contributed by atoms with Crippen molar-refractivity contribution in [1.82, 2.24) is 25.0 Å². The number of nitrogens with one attached hydrogen (secondary N) is 1. The molecule has 29 heavy (non-hydrogen) atoms. The maximum atomic E-state index is 13.8. The summed E-state index contributed by atoms with van der Waals surface area (Å²) in [7, 11) is 0. The van der Waals surface area contributed by atoms with E-state index in [1.54, 1.807) is 0 Å². The molecule has 2 amide bonds. The molecule has 0 unspecified atom stereocenters. The second-order valence-corrected chi connectivity index (χ2v) is 9.69. The summed E-state index contributed by atoms with van der Waals surface area (Å²) in [6.07, 6.45) is 14.2. The number of hydrogen-bond acceptors (Lipinski definition) is 4. The molecule has 2 aliphatic heterocycles. The van der Waals surface area contributed by atoms with Crippen LogP contribution in [0, 0.1) is 17.8 Å². The Labute approximate surface area is 172 Å². The number of likely N-dealkylation sites (tertiary alicyclic amines) is 2. The predicted octanol–water partition coefficient (Wildman–Crippen LogP) is 3.01. The van der Waals surface area contributed by atoms with Crippen LogP contribution in [-0.2, 0) is 4.79 Å². The van der Waals surface area contributed by atoms with Crippen LogP contribution in [0.5, 0.6) is 0 Å². The molecule has 7 nitrogen and oxygen atoms in total. The number of aromatic nitrogens is 3. The molecule has 0 radical (unpaired) electrons. The van der Waals surface area contributed by atoms with E-state index in [4.69, 9.17) is 0 Å². The first-order valence-electron chi connectivity index (χ1n) is 11.6. The van der Waals surface area contributed by atoms with Crippen LogP contribution in [0.1, 0.15) is 81.2 Å². The van der Waals surface area contributed by atoms with Gasteiger partial charge in [0.25, 0.3) is 5.91 Å². The van der Waals surface area contributed by atoms with Crippen molar-refractivity contribution in [3.05, 3.63) is 12.2 Å². The van der Waals surface area contributed by atoms with Gasteiger partial charge in [-0.2, -0.15) is 5.10 Å². The number of hydrogen-bond donors (Lipinski definition) is 1. The highest BCUT2D eigenvalue weighted by Crippen LogP contribution is 2.47. The van der Waals surface area contributed by atoms with Gasteiger partial charge in [-0.25, -0.2) is 4.98 Å². The second kappa shape index (κ2) is 7.73. The van der Waals surface area contributed by atoms with Gasteiger partial charge in [-0.1, -0.05) is 32.1 Å². The molecule has 1 aromatic rings. The standard InChI is InChI=1S/C22H33N5O2/c28-20(18-8-3-6-16-5-1-2-7-17(16)18)27-12-4-9-22(27)10-13-26(14-11-22)21(29)19-23-15-24-25-19/h15-18H,1-14H2,(H,23,24,25)/t16-,17+,18-/m1/s1. The van der Waals surface area contributed by atoms with E-state index in [1.165, 1.54) is 44.9 Å². The van der Waals surface area contributed by atoms with Crippen molar-refractivity contribution in [2.75, 3.05) is 19.6 Å². The lowest BCUT2D eigenvalue weighted by Crippen LogP contribution is -2.57. The monoisotopic (exact) mass is 399 g/mol. The summed E-state index contributed by atoms with van der Waals surface area (Å²) in [5, 5.41) is 6.47. The molecule has 2 aliphatic carbocycles. The Balaban J connectivity index is 1.28. The van der Waals surface area contributed by atoms with E-state index >= 15 is 0 Å². The average Bonchev–Trinajstić information content (AvgIpc) is 3.44. The van der Waals surface area contributed by atoms with Crippen molar-refractivity contribution in [3.63, 3.8) is 0 Å². The van der Waals surface area contributed by atoms with E-state index < -0.39 is 0 Å². The predicted molar refractivity (Wildman–Crippen MR) is 108 cm³/mol. The Morgan fingerprint density at radius 2 is 1.76 bits per heavy atom. The van der Waals surface area contributed by atoms with Crippen LogP contribution < -0.4 is 0 Å². The fourth-order valence-corrected chi connectivity index (χ4v) is 6.83. The highest BCUT2D eigenvalue weighted by atomic mass is 16.2. The number of piperidine rings is 1. The summed E-state index contributed by atoms with van der Waals surface area (Å²) in [4.78, 5) is 34.5. The van der Waals surface area contributed by atoms with Crippen LogP contribution in [0.2, 0.25) is 0 Å². The zero-order valence-corrected chi connectivity index (χ0v) is 17.3. The van der Waals surface area contributed by atoms with Crippen LogP contribution in [0.25, 0.3) is 0 Å². The van der Waals surface area contributed by atoms with Gasteiger partial charge in [-0.15, -0.1) is 0 Å². The molecular formula is C22H33N5O2. The van der Waals surface area contributed by atoms with Gasteiger partial charge in [0, 0.05) is 31.1 Å². The summed E-state index contributed by atoms with van der Waals surface area (Å²) in [5.41, 5.74) is -0.0309. The molecule has 1 aromatic heterocycles. The number of rotatable bonds is 2. The highest BCUT2D eigenvalue weighted by Gasteiger charge is 2.49. The molecule has 5 rings (SSSR count). The van der Waals surface area contributed by atoms with E-state index in [0.717, 1.165) is 44.6 Å². The van der Waals surface area contributed by atoms with Gasteiger partial charge < -0.3 is 9.80 Å². The number of amides is 2. The number of H-pyrrole nitrogens is 1. The summed E-state index contributed by atoms with van der Waals surface area (Å²) in [6, 6.07) is 0. The van der Waals surface area contributed by atoms with Crippen LogP contribution in [0.4, 0.5) is 0 Å². The number of nitrogens with zero attached hydrogens (tertiary/aromatic N) is 4. The minimum atomic E-state index is -0.0782. The van der Waals surface area contributed by atoms with Crippen molar-refractivity contribution in [3.8, 4) is 0 Å². The molecule has 158 valence electrons. The molecule has 3 atom stereocenters. The Hall–Kier alpha value is -1.92. The van der Waals surface area contributed by atoms with E-state index in [1.807, 2.05) is 4.90 Å². The minimum absolute atomic E-state index is 0.0309. The minimum Gasteiger partial charge on any atom is -0.337 e. The number of fused-ring (bicyclic) bond motifs is 1. The van der Waals surface area contributed by atoms with Gasteiger partial charge >= 0.3 is 0 Å². The van der Waals surface area contributed by atoms with E-state index in [2.05, 4.69) is 20.1 Å². The highest BCUT2D eigenvalue weighted by molar-refractivity contribution is 5.90. The number of carbonyl (C=O) groups excluding carboxylic acids is 2. The lowest BCUT2D eigenvalue weighted by Gasteiger charge is -2.48. The first-order valence-corrected chi connectivity index (χ1v) is 11.6. The van der Waals surface area contributed by atoms with Gasteiger partial charge in [0.05, 0.1) is 0 Å². The fourth-order valence-electron chi connectivity index (χ4n) is 6.83. The normalized spacial score (nSPS) is 31.7. The SMILES string of the molecule is O=C(c1ncn[nH]1)N1CCC2(CCCN2C(=O)[C@@H]2CCC[C@H]3CCCC[C@@H]32)CC1. The van der Waals surface area contributed by atoms with Gasteiger partial charge in [0.1, 0.15) is 6.33 Å². The molecule has 1 N–H and O–H groups in total. The van der Waals surface area contributed by atoms with E-state index in [0.29, 0.717) is 30.7 Å². The molecule has 7 heteroatoms. The largest absolute Gasteiger partial charge is 0.337 e. The van der Waals surface area contributed by atoms with Crippen molar-refractivity contribution in [2.24, 2.45) is 17.8 Å². The maximum Gasteiger partial charge on any atom is 0.291 e. The van der Waals surface area contributed by atoms with Gasteiger partial charge in [0.2, 0.25) is 11.7 Å². The molecule has 4 fully saturated rings. The average molecular weight is 400 g/mol. The van der Waals surface area contributed by atoms with Gasteiger partial charge in [-0.05, 0) is 50.4 Å². The molecule has 2 saturated heterocycles. The molecule has 4 aliphatic rings. The molecule has 2 saturated carbocycles. The lowest BCUT2D eigenvalue weighted by atomic mass is 9.65. The zero-order valence-electron chi connectivity index (χ0n) is 17.3. The smallest absolute Gasteiger partial charge is 0.291 e. The Morgan fingerprint density at radius 3 is 2.55 bits per heavy atom. The fraction of sp³-hybridized carbons (Fsp3) is 0.818. The Kier molecular flexibility index (Phi) is 5.08. The zero-order chi connectivity index (χ0) is 19.8. The Bertz CT molecular complexity index is 738. The van der Waals surface area contributed by atoms with Crippen molar-refractivity contribution < 1.29 is 9.59 Å². The van der Waals surface area contributed by atoms with Gasteiger partial charge in [0.15, 0.2) is 0 Å². The summed E-state index contributed by atoms with van der Waals surface area (Å²) in [5.74, 6) is 2.32. The quantitative estimate of drug-likeness (QED) is 0.829. The summed E-state index contributed by atoms with van der Waals surface area (Å²) >= 11 is 0. The van der Waals surface area contributed by atoms with Crippen molar-refractivity contribution in [2.45, 2.75) is 76.2 Å². The van der Waals surface area contributed by atoms with E-state index in [-0.39, 0.29) is 17.4 Å². The van der Waals surface area contributed by atoms with Crippen LogP contribution in [0.15, 0.2) is 6.33 Å². The third kappa shape index (κ3) is 3.36. The molecule has 3 heterocycles. The van der Waals surface area contributed by atoms with Crippen LogP contribution >= 0.6 is 0 Å². The van der Waals surface area contributed by atoms with Crippen molar-refractivity contribution >= 4 is 11.8 Å². The first kappa shape index (κ1) is 19.1. The number of aromatic amines is 1. The van der Waals surface area contributed by atoms with E-state index in [9.17, 15) is 9.59 Å². The second-order valence-electron chi connectivity index (χ2n) is 9.69. The molecule has 1 spiro atoms. The molecular weight excluding hydrogens is 366 g/mol. The molecule has 0 aromatic carbocycles. The third-order valence-corrected chi connectivity index (χ3v) is 8.35. The summed E-state index contributed by atoms with van der Waals surface area (Å²) in [6.45, 7) is 2.29. The number of carbonyl (C=O) groups is 2. The van der Waals surface area contributed by atoms with Crippen LogP contribution in [-0.4, -0.2) is 62.0 Å². The van der Waals surface area contributed by atoms with Gasteiger partial charge in [-0.3, -0.25) is 14.7 Å². The molecule has 0 bridgehead atoms. The van der Waals surface area contributed by atoms with Crippen LogP contribution in [0.3, 0.4) is 0 Å². The summed E-state index contributed by atoms with van der Waals surface area (Å²) < 4.78 is 0. The lowest BCUT2D eigenvalue weighted by molar-refractivity contribution is -0.146. The van der Waals surface area contributed by atoms with Crippen molar-refractivity contribution in [1.29, 1.82) is 0 Å². The maximum absolute atomic E-state index is 13.8. The Morgan fingerprint density at radius 1 is 0.966 bits per heavy atom. The topological polar surface area (TPSA) is 82.2 Å². The third-order valence-electron chi connectivity index (χ3n) is 8.35. The first-order chi connectivity index (χ1) is 14.2.